The van der Waals surface area contributed by atoms with E-state index in [-0.39, 0.29) is 51.3 Å². The minimum Gasteiger partial charge on any atom is -0.341 e. The molecule has 0 unspecified atom stereocenters. The number of rotatable bonds is 0. The Hall–Kier alpha value is 1.69. The van der Waals surface area contributed by atoms with Crippen molar-refractivity contribution in [3.8, 4) is 0 Å². The summed E-state index contributed by atoms with van der Waals surface area (Å²) in [6, 6.07) is 0. The average Bonchev–Trinajstić information content (AvgIpc) is 1.33. The van der Waals surface area contributed by atoms with Gasteiger partial charge in [-0.1, -0.05) is 13.8 Å². The first-order valence-electron chi connectivity index (χ1n) is 2.72. The van der Waals surface area contributed by atoms with E-state index in [0.29, 0.717) is 5.92 Å². The van der Waals surface area contributed by atoms with Gasteiger partial charge in [0.2, 0.25) is 0 Å². The molecule has 0 heterocycles. The quantitative estimate of drug-likeness (QED) is 0.571. The van der Waals surface area contributed by atoms with Crippen molar-refractivity contribution < 1.29 is 51.3 Å². The standard InChI is InChI=1S/C4H9.C3H7.V.Y/c1-4(2)3;1-3-2;;/h4H,1H2,2-3H3;3H,1-2H3;;/q2*-1;;. The fourth-order valence-electron chi connectivity index (χ4n) is 0. The second kappa shape index (κ2) is 22.6. The topological polar surface area (TPSA) is 0 Å². The third-order valence-corrected chi connectivity index (χ3v) is 0. The van der Waals surface area contributed by atoms with E-state index < -0.39 is 0 Å². The molecule has 2 heteroatoms. The molecule has 0 fully saturated rings. The van der Waals surface area contributed by atoms with Gasteiger partial charge in [0.05, 0.1) is 0 Å². The summed E-state index contributed by atoms with van der Waals surface area (Å²) in [6.07, 6.45) is 2.00. The maximum Gasteiger partial charge on any atom is 0 e. The zero-order valence-corrected chi connectivity index (χ0v) is 11.1. The molecule has 0 saturated heterocycles. The minimum atomic E-state index is 0. The molecule has 0 rings (SSSR count). The Morgan fingerprint density at radius 3 is 1.22 bits per heavy atom. The number of hydrogen-bond acceptors (Lipinski definition) is 0. The van der Waals surface area contributed by atoms with Crippen molar-refractivity contribution in [3.05, 3.63) is 13.3 Å². The van der Waals surface area contributed by atoms with Crippen molar-refractivity contribution in [2.75, 3.05) is 0 Å². The predicted molar refractivity (Wildman–Crippen MR) is 35.8 cm³/mol. The summed E-state index contributed by atoms with van der Waals surface area (Å²) >= 11 is 0. The molecule has 0 aliphatic heterocycles. The van der Waals surface area contributed by atoms with Crippen molar-refractivity contribution in [1.29, 1.82) is 0 Å². The molecule has 0 saturated carbocycles. The zero-order chi connectivity index (χ0) is 6.28. The third-order valence-electron chi connectivity index (χ3n) is 0. The van der Waals surface area contributed by atoms with Crippen LogP contribution in [-0.4, -0.2) is 0 Å². The fraction of sp³-hybridized carbons (Fsp3) is 0.714. The molecule has 0 aromatic rings. The molecule has 0 aliphatic carbocycles. The summed E-state index contributed by atoms with van der Waals surface area (Å²) < 4.78 is 0. The summed E-state index contributed by atoms with van der Waals surface area (Å²) in [4.78, 5) is 0. The van der Waals surface area contributed by atoms with Crippen LogP contribution >= 0.6 is 0 Å². The Balaban J connectivity index is -0.0000000233. The average molecular weight is 240 g/mol. The molecule has 0 N–H and O–H groups in total. The molecular formula is C7H16VY-2. The van der Waals surface area contributed by atoms with Gasteiger partial charge in [0.1, 0.15) is 0 Å². The van der Waals surface area contributed by atoms with Crippen LogP contribution in [0.5, 0.6) is 0 Å². The maximum absolute atomic E-state index is 3.64. The maximum atomic E-state index is 3.64. The molecular weight excluding hydrogens is 224 g/mol. The Bertz CT molecular complexity index is 20.1. The Morgan fingerprint density at radius 2 is 1.22 bits per heavy atom. The molecule has 0 spiro atoms. The van der Waals surface area contributed by atoms with Gasteiger partial charge in [-0.05, 0) is 0 Å². The van der Waals surface area contributed by atoms with Crippen LogP contribution in [0.2, 0.25) is 0 Å². The largest absolute Gasteiger partial charge is 0.341 e. The van der Waals surface area contributed by atoms with E-state index in [1.165, 1.54) is 0 Å². The molecule has 0 aromatic heterocycles. The van der Waals surface area contributed by atoms with Crippen molar-refractivity contribution in [3.63, 3.8) is 0 Å². The van der Waals surface area contributed by atoms with Crippen molar-refractivity contribution >= 4 is 0 Å². The molecule has 0 amide bonds. The molecule has 0 aliphatic rings. The van der Waals surface area contributed by atoms with Crippen LogP contribution in [0.25, 0.3) is 0 Å². The van der Waals surface area contributed by atoms with Gasteiger partial charge in [0.25, 0.3) is 0 Å². The molecule has 0 bridgehead atoms. The van der Waals surface area contributed by atoms with E-state index >= 15 is 0 Å². The van der Waals surface area contributed by atoms with Gasteiger partial charge in [-0.2, -0.15) is 19.8 Å². The second-order valence-corrected chi connectivity index (χ2v) is 1.97. The Kier molecular flexibility index (Phi) is 56.3. The van der Waals surface area contributed by atoms with Crippen LogP contribution in [0.4, 0.5) is 0 Å². The van der Waals surface area contributed by atoms with E-state index in [9.17, 15) is 0 Å². The van der Waals surface area contributed by atoms with Crippen molar-refractivity contribution in [1.82, 2.24) is 0 Å². The molecule has 9 heavy (non-hydrogen) atoms. The molecule has 0 atom stereocenters. The van der Waals surface area contributed by atoms with E-state index in [0.717, 1.165) is 0 Å². The molecule has 0 nitrogen and oxygen atoms in total. The van der Waals surface area contributed by atoms with Gasteiger partial charge in [-0.15, -0.1) is 0 Å². The molecule has 54 valence electrons. The molecule has 2 radical (unpaired) electrons. The van der Waals surface area contributed by atoms with Gasteiger partial charge < -0.3 is 13.3 Å². The van der Waals surface area contributed by atoms with Gasteiger partial charge in [-0.3, -0.25) is 0 Å². The second-order valence-electron chi connectivity index (χ2n) is 1.97. The normalized spacial score (nSPS) is 6.00. The van der Waals surface area contributed by atoms with E-state index in [4.69, 9.17) is 0 Å². The summed E-state index contributed by atoms with van der Waals surface area (Å²) in [7, 11) is 0. The van der Waals surface area contributed by atoms with Crippen molar-refractivity contribution in [2.45, 2.75) is 27.7 Å². The van der Waals surface area contributed by atoms with Crippen LogP contribution < -0.4 is 0 Å². The monoisotopic (exact) mass is 240 g/mol. The van der Waals surface area contributed by atoms with Crippen LogP contribution in [0.15, 0.2) is 0 Å². The Labute approximate surface area is 97.3 Å². The smallest absolute Gasteiger partial charge is 0 e. The van der Waals surface area contributed by atoms with E-state index in [2.05, 4.69) is 20.8 Å². The van der Waals surface area contributed by atoms with Gasteiger partial charge in [-0.25, -0.2) is 0 Å². The first-order chi connectivity index (χ1) is 3.15. The number of hydrogen-bond donors (Lipinski definition) is 0. The van der Waals surface area contributed by atoms with Gasteiger partial charge in [0.15, 0.2) is 0 Å². The first-order valence-corrected chi connectivity index (χ1v) is 2.72. The van der Waals surface area contributed by atoms with E-state index in [1.54, 1.807) is 0 Å². The summed E-state index contributed by atoms with van der Waals surface area (Å²) in [5.41, 5.74) is 0. The van der Waals surface area contributed by atoms with Gasteiger partial charge >= 0.3 is 0 Å². The van der Waals surface area contributed by atoms with Gasteiger partial charge in [0, 0.05) is 51.3 Å². The summed E-state index contributed by atoms with van der Waals surface area (Å²) in [6.45, 7) is 11.8. The SMILES string of the molecule is C[CH-]C.[CH2-]C(C)C.[V].[Y]. The third kappa shape index (κ3) is 201. The molecule has 0 aromatic carbocycles. The zero-order valence-electron chi connectivity index (χ0n) is 6.89. The fourth-order valence-corrected chi connectivity index (χ4v) is 0. The predicted octanol–water partition coefficient (Wildman–Crippen LogP) is 2.70. The van der Waals surface area contributed by atoms with E-state index in [1.807, 2.05) is 20.3 Å². The first kappa shape index (κ1) is 22.4. The van der Waals surface area contributed by atoms with Crippen LogP contribution in [0, 0.1) is 19.3 Å². The van der Waals surface area contributed by atoms with Crippen LogP contribution in [-0.2, 0) is 51.3 Å². The Morgan fingerprint density at radius 1 is 1.22 bits per heavy atom. The summed E-state index contributed by atoms with van der Waals surface area (Å²) in [5, 5.41) is 0. The van der Waals surface area contributed by atoms with Crippen LogP contribution in [0.3, 0.4) is 0 Å². The summed E-state index contributed by atoms with van der Waals surface area (Å²) in [5.74, 6) is 0.583. The van der Waals surface area contributed by atoms with Crippen LogP contribution in [0.1, 0.15) is 27.7 Å². The van der Waals surface area contributed by atoms with Crippen molar-refractivity contribution in [2.24, 2.45) is 5.92 Å². The minimum absolute atomic E-state index is 0.